The fourth-order valence-electron chi connectivity index (χ4n) is 3.63. The van der Waals surface area contributed by atoms with Crippen LogP contribution in [0.15, 0.2) is 70.1 Å². The number of hydrogen-bond acceptors (Lipinski definition) is 8. The van der Waals surface area contributed by atoms with Crippen molar-refractivity contribution < 1.29 is 4.79 Å². The molecule has 5 rings (SSSR count). The Hall–Kier alpha value is -3.12. The number of fused-ring (bicyclic) bond motifs is 1. The first-order valence-corrected chi connectivity index (χ1v) is 14.2. The molecule has 0 unspecified atom stereocenters. The number of amides is 1. The predicted octanol–water partition coefficient (Wildman–Crippen LogP) is 6.03. The van der Waals surface area contributed by atoms with Gasteiger partial charge in [-0.25, -0.2) is 9.97 Å². The molecule has 0 saturated heterocycles. The average Bonchev–Trinajstić information content (AvgIpc) is 3.51. The summed E-state index contributed by atoms with van der Waals surface area (Å²) in [6.07, 6.45) is 2.56. The van der Waals surface area contributed by atoms with Crippen LogP contribution in [0.1, 0.15) is 18.1 Å². The molecule has 0 fully saturated rings. The van der Waals surface area contributed by atoms with Crippen LogP contribution in [0.4, 0.5) is 5.13 Å². The Labute approximate surface area is 224 Å². The van der Waals surface area contributed by atoms with E-state index < -0.39 is 0 Å². The van der Waals surface area contributed by atoms with Crippen molar-refractivity contribution in [3.8, 4) is 11.4 Å². The average molecular weight is 552 g/mol. The first-order chi connectivity index (χ1) is 17.4. The van der Waals surface area contributed by atoms with Gasteiger partial charge in [-0.3, -0.25) is 18.7 Å². The number of carbonyl (C=O) groups excluding carboxylic acids is 1. The number of anilines is 1. The van der Waals surface area contributed by atoms with Crippen LogP contribution >= 0.6 is 46.7 Å². The van der Waals surface area contributed by atoms with Gasteiger partial charge in [0.15, 0.2) is 19.9 Å². The van der Waals surface area contributed by atoms with Crippen LogP contribution in [0.5, 0.6) is 0 Å². The second-order valence-electron chi connectivity index (χ2n) is 7.92. The zero-order chi connectivity index (χ0) is 25.2. The van der Waals surface area contributed by atoms with Gasteiger partial charge in [0.05, 0.1) is 11.4 Å². The molecule has 0 radical (unpaired) electrons. The van der Waals surface area contributed by atoms with Gasteiger partial charge < -0.3 is 5.32 Å². The van der Waals surface area contributed by atoms with Crippen molar-refractivity contribution in [3.05, 3.63) is 85.5 Å². The molecule has 3 heterocycles. The van der Waals surface area contributed by atoms with Crippen molar-refractivity contribution in [2.24, 2.45) is 0 Å². The number of benzene rings is 2. The summed E-state index contributed by atoms with van der Waals surface area (Å²) < 4.78 is 4.39. The molecule has 1 amide bonds. The molecule has 7 nitrogen and oxygen atoms in total. The number of thiazole rings is 2. The second kappa shape index (κ2) is 10.5. The van der Waals surface area contributed by atoms with Crippen molar-refractivity contribution in [2.45, 2.75) is 25.4 Å². The van der Waals surface area contributed by atoms with E-state index in [-0.39, 0.29) is 17.2 Å². The highest BCUT2D eigenvalue weighted by molar-refractivity contribution is 7.99. The van der Waals surface area contributed by atoms with Crippen LogP contribution in [0.25, 0.3) is 21.7 Å². The Bertz CT molecular complexity index is 1650. The molecule has 36 heavy (non-hydrogen) atoms. The fraction of sp³-hybridized carbons (Fsp3) is 0.160. The highest BCUT2D eigenvalue weighted by Crippen LogP contribution is 2.28. The maximum absolute atomic E-state index is 13.8. The number of carbonyl (C=O) groups is 1. The van der Waals surface area contributed by atoms with Gasteiger partial charge in [-0.1, -0.05) is 59.9 Å². The third kappa shape index (κ3) is 4.92. The van der Waals surface area contributed by atoms with E-state index in [1.54, 1.807) is 16.1 Å². The quantitative estimate of drug-likeness (QED) is 0.151. The Morgan fingerprint density at radius 3 is 2.44 bits per heavy atom. The number of nitrogens with one attached hydrogen (secondary N) is 1. The smallest absolute Gasteiger partial charge is 0.278 e. The van der Waals surface area contributed by atoms with E-state index in [0.717, 1.165) is 17.7 Å². The molecule has 0 atom stereocenters. The van der Waals surface area contributed by atoms with E-state index in [9.17, 15) is 9.59 Å². The number of thioether (sulfide) groups is 1. The molecule has 5 aromatic rings. The Balaban J connectivity index is 1.62. The highest BCUT2D eigenvalue weighted by atomic mass is 32.2. The van der Waals surface area contributed by atoms with E-state index in [2.05, 4.69) is 17.2 Å². The Morgan fingerprint density at radius 2 is 1.78 bits per heavy atom. The van der Waals surface area contributed by atoms with Crippen LogP contribution < -0.4 is 10.9 Å². The van der Waals surface area contributed by atoms with Crippen LogP contribution in [-0.4, -0.2) is 30.8 Å². The lowest BCUT2D eigenvalue weighted by Gasteiger charge is -2.13. The summed E-state index contributed by atoms with van der Waals surface area (Å²) in [5, 5.41) is 5.51. The van der Waals surface area contributed by atoms with Crippen molar-refractivity contribution in [3.63, 3.8) is 0 Å². The van der Waals surface area contributed by atoms with Crippen LogP contribution in [0.3, 0.4) is 0 Å². The van der Waals surface area contributed by atoms with Crippen molar-refractivity contribution in [1.29, 1.82) is 0 Å². The van der Waals surface area contributed by atoms with E-state index in [1.165, 1.54) is 40.0 Å². The monoisotopic (exact) mass is 551 g/mol. The van der Waals surface area contributed by atoms with Gasteiger partial charge >= 0.3 is 0 Å². The lowest BCUT2D eigenvalue weighted by molar-refractivity contribution is -0.113. The van der Waals surface area contributed by atoms with Crippen LogP contribution in [-0.2, 0) is 11.2 Å². The first-order valence-electron chi connectivity index (χ1n) is 11.1. The molecular weight excluding hydrogens is 531 g/mol. The summed E-state index contributed by atoms with van der Waals surface area (Å²) in [7, 11) is 0. The zero-order valence-electron chi connectivity index (χ0n) is 19.4. The van der Waals surface area contributed by atoms with E-state index >= 15 is 0 Å². The summed E-state index contributed by atoms with van der Waals surface area (Å²) in [5.41, 5.74) is 4.09. The second-order valence-corrected chi connectivity index (χ2v) is 11.4. The zero-order valence-corrected chi connectivity index (χ0v) is 22.7. The predicted molar refractivity (Wildman–Crippen MR) is 151 cm³/mol. The van der Waals surface area contributed by atoms with Gasteiger partial charge in [-0.15, -0.1) is 11.3 Å². The summed E-state index contributed by atoms with van der Waals surface area (Å²) in [6.45, 7) is 4.09. The molecule has 0 aliphatic rings. The summed E-state index contributed by atoms with van der Waals surface area (Å²) in [6, 6.07) is 15.7. The minimum atomic E-state index is -0.225. The maximum Gasteiger partial charge on any atom is 0.278 e. The number of nitrogens with zero attached hydrogens (tertiary/aromatic N) is 4. The van der Waals surface area contributed by atoms with Gasteiger partial charge in [0, 0.05) is 17.3 Å². The molecule has 1 N–H and O–H groups in total. The molecule has 11 heteroatoms. The molecule has 3 aromatic heterocycles. The van der Waals surface area contributed by atoms with Gasteiger partial charge in [0.25, 0.3) is 5.56 Å². The molecule has 0 saturated carbocycles. The van der Waals surface area contributed by atoms with E-state index in [0.29, 0.717) is 30.3 Å². The minimum absolute atomic E-state index is 0.0689. The normalized spacial score (nSPS) is 11.2. The van der Waals surface area contributed by atoms with Gasteiger partial charge in [-0.2, -0.15) is 0 Å². The fourth-order valence-corrected chi connectivity index (χ4v) is 6.29. The number of aryl methyl sites for hydroxylation is 2. The lowest BCUT2D eigenvalue weighted by Crippen LogP contribution is -2.22. The molecule has 0 bridgehead atoms. The van der Waals surface area contributed by atoms with Crippen LogP contribution in [0.2, 0.25) is 0 Å². The van der Waals surface area contributed by atoms with Gasteiger partial charge in [-0.05, 0) is 55.4 Å². The summed E-state index contributed by atoms with van der Waals surface area (Å²) >= 11 is 9.45. The summed E-state index contributed by atoms with van der Waals surface area (Å²) in [4.78, 5) is 35.3. The molecule has 2 aromatic carbocycles. The topological polar surface area (TPSA) is 81.8 Å². The number of hydrogen-bond donors (Lipinski definition) is 1. The molecule has 182 valence electrons. The standard InChI is InChI=1S/C25H21N5O2S4/c1-3-16-6-10-17(11-7-16)29-21-20(36-25(29)33)22(32)30(18-8-4-15(2)5-9-18)24(28-21)35-14-19(31)27-23-26-12-13-34-23/h4-13H,3,14H2,1-2H3,(H,26,27,31). The van der Waals surface area contributed by atoms with Crippen molar-refractivity contribution >= 4 is 68.0 Å². The van der Waals surface area contributed by atoms with Crippen molar-refractivity contribution in [1.82, 2.24) is 19.1 Å². The SMILES string of the molecule is CCc1ccc(-n2c(=S)sc3c(=O)n(-c4ccc(C)cc4)c(SCC(=O)Nc4nccs4)nc32)cc1. The Kier molecular flexibility index (Phi) is 7.15. The maximum atomic E-state index is 13.8. The van der Waals surface area contributed by atoms with Gasteiger partial charge in [0.1, 0.15) is 4.70 Å². The summed E-state index contributed by atoms with van der Waals surface area (Å²) in [5.74, 6) is -0.156. The molecule has 0 aliphatic heterocycles. The largest absolute Gasteiger partial charge is 0.301 e. The molecular formula is C25H21N5O2S4. The molecule has 0 aliphatic carbocycles. The first kappa shape index (κ1) is 24.6. The highest BCUT2D eigenvalue weighted by Gasteiger charge is 2.20. The third-order valence-electron chi connectivity index (χ3n) is 5.48. The van der Waals surface area contributed by atoms with Gasteiger partial charge in [0.2, 0.25) is 5.91 Å². The number of rotatable bonds is 7. The van der Waals surface area contributed by atoms with Crippen molar-refractivity contribution in [2.75, 3.05) is 11.1 Å². The van der Waals surface area contributed by atoms with Crippen LogP contribution in [0, 0.1) is 10.9 Å². The minimum Gasteiger partial charge on any atom is -0.301 e. The third-order valence-corrected chi connectivity index (χ3v) is 8.46. The van der Waals surface area contributed by atoms with E-state index in [4.69, 9.17) is 17.2 Å². The van der Waals surface area contributed by atoms with E-state index in [1.807, 2.05) is 60.0 Å². The molecule has 0 spiro atoms. The number of aromatic nitrogens is 4. The Morgan fingerprint density at radius 1 is 1.08 bits per heavy atom. The lowest BCUT2D eigenvalue weighted by atomic mass is 10.1.